The van der Waals surface area contributed by atoms with E-state index in [1.54, 1.807) is 0 Å². The number of halogens is 4. The van der Waals surface area contributed by atoms with Crippen molar-refractivity contribution in [2.45, 2.75) is 51.5 Å². The second-order valence-electron chi connectivity index (χ2n) is 9.43. The number of ketones is 1. The Kier molecular flexibility index (Phi) is 6.71. The molecule has 0 bridgehead atoms. The summed E-state index contributed by atoms with van der Waals surface area (Å²) in [7, 11) is 0. The number of carbonyl (C=O) groups is 1. The first-order valence-electron chi connectivity index (χ1n) is 11.8. The minimum atomic E-state index is -0.714. The highest BCUT2D eigenvalue weighted by atomic mass is 19.1. The number of ether oxygens (including phenoxy) is 2. The Bertz CT molecular complexity index is 1270. The molecule has 0 spiro atoms. The van der Waals surface area contributed by atoms with E-state index in [-0.39, 0.29) is 31.1 Å². The van der Waals surface area contributed by atoms with E-state index in [1.165, 1.54) is 24.3 Å². The van der Waals surface area contributed by atoms with Gasteiger partial charge in [0.05, 0.1) is 0 Å². The Morgan fingerprint density at radius 1 is 0.778 bits per heavy atom. The average Bonchev–Trinajstić information content (AvgIpc) is 2.79. The Morgan fingerprint density at radius 2 is 1.31 bits per heavy atom. The van der Waals surface area contributed by atoms with Gasteiger partial charge in [0.15, 0.2) is 11.5 Å². The molecule has 0 saturated carbocycles. The van der Waals surface area contributed by atoms with Crippen molar-refractivity contribution in [2.24, 2.45) is 0 Å². The molecule has 0 amide bonds. The summed E-state index contributed by atoms with van der Waals surface area (Å²) in [5.41, 5.74) is 2.56. The van der Waals surface area contributed by atoms with E-state index in [4.69, 9.17) is 9.47 Å². The first-order chi connectivity index (χ1) is 17.2. The van der Waals surface area contributed by atoms with E-state index in [2.05, 4.69) is 4.90 Å². The summed E-state index contributed by atoms with van der Waals surface area (Å²) in [6, 6.07) is 9.98. The van der Waals surface area contributed by atoms with Crippen LogP contribution in [0.2, 0.25) is 0 Å². The number of nitrogens with zero attached hydrogens (tertiary/aromatic N) is 1. The van der Waals surface area contributed by atoms with Crippen LogP contribution < -0.4 is 9.47 Å². The fraction of sp³-hybridized carbons (Fsp3) is 0.321. The fourth-order valence-corrected chi connectivity index (χ4v) is 5.17. The van der Waals surface area contributed by atoms with Crippen molar-refractivity contribution in [1.82, 2.24) is 4.90 Å². The molecular weight excluding hydrogens is 474 g/mol. The van der Waals surface area contributed by atoms with E-state index in [1.807, 2.05) is 19.1 Å². The smallest absolute Gasteiger partial charge is 0.162 e. The monoisotopic (exact) mass is 499 g/mol. The van der Waals surface area contributed by atoms with Crippen molar-refractivity contribution < 1.29 is 31.8 Å². The normalized spacial score (nSPS) is 19.5. The van der Waals surface area contributed by atoms with E-state index >= 15 is 0 Å². The molecule has 8 heteroatoms. The lowest BCUT2D eigenvalue weighted by Gasteiger charge is -2.44. The van der Waals surface area contributed by atoms with Crippen molar-refractivity contribution >= 4 is 5.78 Å². The van der Waals surface area contributed by atoms with Crippen LogP contribution in [0.3, 0.4) is 0 Å². The molecule has 0 unspecified atom stereocenters. The summed E-state index contributed by atoms with van der Waals surface area (Å²) in [5.74, 6) is -1.98. The molecule has 1 fully saturated rings. The lowest BCUT2D eigenvalue weighted by Crippen LogP contribution is -2.46. The van der Waals surface area contributed by atoms with Crippen LogP contribution in [-0.4, -0.2) is 23.3 Å². The quantitative estimate of drug-likeness (QED) is 0.387. The molecule has 2 heterocycles. The first-order valence-corrected chi connectivity index (χ1v) is 11.8. The number of Topliss-reactive ketones (excluding diaryl/α,β-unsaturated/α-hetero) is 1. The van der Waals surface area contributed by atoms with Gasteiger partial charge in [0.1, 0.15) is 42.3 Å². The van der Waals surface area contributed by atoms with Crippen LogP contribution in [0.15, 0.2) is 48.5 Å². The average molecular weight is 500 g/mol. The Balaban J connectivity index is 1.47. The molecule has 2 atom stereocenters. The zero-order valence-corrected chi connectivity index (χ0v) is 19.7. The molecular formula is C28H25F4NO3. The van der Waals surface area contributed by atoms with Crippen LogP contribution in [0.5, 0.6) is 11.5 Å². The van der Waals surface area contributed by atoms with Crippen LogP contribution in [0, 0.1) is 23.3 Å². The fourth-order valence-electron chi connectivity index (χ4n) is 5.17. The minimum Gasteiger partial charge on any atom is -0.485 e. The second-order valence-corrected chi connectivity index (χ2v) is 9.43. The topological polar surface area (TPSA) is 38.8 Å². The van der Waals surface area contributed by atoms with E-state index < -0.39 is 23.3 Å². The zero-order chi connectivity index (χ0) is 25.4. The number of carbonyl (C=O) groups excluding carboxylic acids is 1. The van der Waals surface area contributed by atoms with Crippen molar-refractivity contribution in [2.75, 3.05) is 6.54 Å². The van der Waals surface area contributed by atoms with Crippen molar-refractivity contribution in [3.05, 3.63) is 94.1 Å². The predicted molar refractivity (Wildman–Crippen MR) is 125 cm³/mol. The van der Waals surface area contributed by atoms with Crippen LogP contribution >= 0.6 is 0 Å². The highest BCUT2D eigenvalue weighted by molar-refractivity contribution is 5.81. The third-order valence-electron chi connectivity index (χ3n) is 6.75. The van der Waals surface area contributed by atoms with Gasteiger partial charge in [-0.15, -0.1) is 0 Å². The molecule has 0 radical (unpaired) electrons. The number of hydrogen-bond donors (Lipinski definition) is 0. The van der Waals surface area contributed by atoms with E-state index in [0.29, 0.717) is 35.5 Å². The van der Waals surface area contributed by atoms with Crippen molar-refractivity contribution in [3.63, 3.8) is 0 Å². The van der Waals surface area contributed by atoms with E-state index in [9.17, 15) is 22.4 Å². The molecule has 0 aromatic heterocycles. The van der Waals surface area contributed by atoms with Gasteiger partial charge in [-0.1, -0.05) is 0 Å². The van der Waals surface area contributed by atoms with Gasteiger partial charge < -0.3 is 9.47 Å². The van der Waals surface area contributed by atoms with Gasteiger partial charge in [-0.25, -0.2) is 17.6 Å². The van der Waals surface area contributed by atoms with Crippen LogP contribution in [0.4, 0.5) is 17.6 Å². The molecule has 5 rings (SSSR count). The zero-order valence-electron chi connectivity index (χ0n) is 19.7. The van der Waals surface area contributed by atoms with Gasteiger partial charge in [0.2, 0.25) is 0 Å². The molecule has 2 aliphatic rings. The number of rotatable bonds is 6. The summed E-state index contributed by atoms with van der Waals surface area (Å²) < 4.78 is 66.5. The SMILES string of the molecule is C[C@@H]1CC(=O)C[C@H]2c3cc(OCc4cc(F)cc(F)c4)c(OCc4cc(F)cc(F)c4)cc3CCN12. The lowest BCUT2D eigenvalue weighted by atomic mass is 9.84. The molecule has 3 aromatic rings. The standard InChI is InChI=1S/C28H25F4NO3/c1-16-4-24(34)12-26-25-13-28(36-15-18-7-22(31)11-23(32)8-18)27(9-19(25)2-3-33(16)26)35-14-17-5-20(29)10-21(30)6-17/h5-11,13,16,26H,2-4,12,14-15H2,1H3/t16-,26+/m1/s1. The Hall–Kier alpha value is -3.39. The lowest BCUT2D eigenvalue weighted by molar-refractivity contribution is -0.125. The van der Waals surface area contributed by atoms with Crippen LogP contribution in [0.1, 0.15) is 48.1 Å². The van der Waals surface area contributed by atoms with Crippen molar-refractivity contribution in [3.8, 4) is 11.5 Å². The largest absolute Gasteiger partial charge is 0.485 e. The first kappa shape index (κ1) is 24.3. The van der Waals surface area contributed by atoms with Gasteiger partial charge in [-0.2, -0.15) is 0 Å². The van der Waals surface area contributed by atoms with Gasteiger partial charge >= 0.3 is 0 Å². The maximum atomic E-state index is 13.7. The molecule has 0 aliphatic carbocycles. The molecule has 2 aliphatic heterocycles. The summed E-state index contributed by atoms with van der Waals surface area (Å²) in [5, 5.41) is 0. The van der Waals surface area contributed by atoms with Crippen molar-refractivity contribution in [1.29, 1.82) is 0 Å². The molecule has 188 valence electrons. The number of fused-ring (bicyclic) bond motifs is 3. The predicted octanol–water partition coefficient (Wildman–Crippen LogP) is 6.05. The minimum absolute atomic E-state index is 0.0923. The van der Waals surface area contributed by atoms with Crippen LogP contribution in [0.25, 0.3) is 0 Å². The third kappa shape index (κ3) is 5.23. The molecule has 36 heavy (non-hydrogen) atoms. The summed E-state index contributed by atoms with van der Waals surface area (Å²) >= 11 is 0. The summed E-state index contributed by atoms with van der Waals surface area (Å²) in [4.78, 5) is 14.7. The second kappa shape index (κ2) is 9.93. The Labute approximate surface area is 206 Å². The van der Waals surface area contributed by atoms with E-state index in [0.717, 1.165) is 36.2 Å². The molecule has 1 saturated heterocycles. The highest BCUT2D eigenvalue weighted by Crippen LogP contribution is 2.43. The molecule has 3 aromatic carbocycles. The van der Waals surface area contributed by atoms with Gasteiger partial charge in [-0.05, 0) is 72.0 Å². The van der Waals surface area contributed by atoms with Gasteiger partial charge in [0.25, 0.3) is 0 Å². The van der Waals surface area contributed by atoms with Crippen LogP contribution in [-0.2, 0) is 24.4 Å². The maximum Gasteiger partial charge on any atom is 0.162 e. The molecule has 0 N–H and O–H groups in total. The third-order valence-corrected chi connectivity index (χ3v) is 6.75. The molecule has 4 nitrogen and oxygen atoms in total. The van der Waals surface area contributed by atoms with Gasteiger partial charge in [-0.3, -0.25) is 9.69 Å². The maximum absolute atomic E-state index is 13.7. The highest BCUT2D eigenvalue weighted by Gasteiger charge is 2.37. The summed E-state index contributed by atoms with van der Waals surface area (Å²) in [6.07, 6.45) is 1.66. The number of hydrogen-bond acceptors (Lipinski definition) is 4. The van der Waals surface area contributed by atoms with Gasteiger partial charge in [0, 0.05) is 43.6 Å². The summed E-state index contributed by atoms with van der Waals surface area (Å²) in [6.45, 7) is 2.61. The Morgan fingerprint density at radius 3 is 1.86 bits per heavy atom. The number of benzene rings is 3. The number of piperidine rings is 1.